The number of halogens is 1. The molecule has 2 amide bonds. The van der Waals surface area contributed by atoms with Crippen molar-refractivity contribution in [2.24, 2.45) is 0 Å². The zero-order chi connectivity index (χ0) is 19.4. The topological polar surface area (TPSA) is 75.7 Å². The van der Waals surface area contributed by atoms with E-state index in [4.69, 9.17) is 4.74 Å². The van der Waals surface area contributed by atoms with Crippen molar-refractivity contribution in [1.82, 2.24) is 4.90 Å². The van der Waals surface area contributed by atoms with Crippen molar-refractivity contribution >= 4 is 35.2 Å². The number of esters is 1. The lowest BCUT2D eigenvalue weighted by Crippen LogP contribution is -2.30. The lowest BCUT2D eigenvalue weighted by atomic mass is 10.2. The van der Waals surface area contributed by atoms with Crippen LogP contribution in [0.2, 0.25) is 0 Å². The number of nitrogens with zero attached hydrogens (tertiary/aromatic N) is 1. The summed E-state index contributed by atoms with van der Waals surface area (Å²) in [6, 6.07) is 10.8. The van der Waals surface area contributed by atoms with Gasteiger partial charge in [-0.25, -0.2) is 9.18 Å². The molecule has 0 spiro atoms. The minimum Gasteiger partial charge on any atom is -0.452 e. The molecule has 1 aliphatic heterocycles. The second kappa shape index (κ2) is 8.22. The molecule has 1 N–H and O–H groups in total. The zero-order valence-corrected chi connectivity index (χ0v) is 15.3. The zero-order valence-electron chi connectivity index (χ0n) is 14.5. The lowest BCUT2D eigenvalue weighted by molar-refractivity contribution is -0.133. The second-order valence-electron chi connectivity index (χ2n) is 6.00. The summed E-state index contributed by atoms with van der Waals surface area (Å²) in [5.74, 6) is -1.24. The van der Waals surface area contributed by atoms with Crippen LogP contribution in [0.4, 0.5) is 10.1 Å². The van der Waals surface area contributed by atoms with E-state index in [1.165, 1.54) is 34.9 Å². The van der Waals surface area contributed by atoms with Gasteiger partial charge < -0.3 is 15.0 Å². The summed E-state index contributed by atoms with van der Waals surface area (Å²) in [6.07, 6.45) is 0. The van der Waals surface area contributed by atoms with Gasteiger partial charge in [0.1, 0.15) is 5.82 Å². The first-order valence-corrected chi connectivity index (χ1v) is 9.13. The predicted octanol–water partition coefficient (Wildman–Crippen LogP) is 2.69. The van der Waals surface area contributed by atoms with Crippen LogP contribution in [-0.4, -0.2) is 42.1 Å². The van der Waals surface area contributed by atoms with Crippen LogP contribution in [0.25, 0.3) is 0 Å². The Morgan fingerprint density at radius 2 is 2.07 bits per heavy atom. The quantitative estimate of drug-likeness (QED) is 0.797. The molecule has 0 fully saturated rings. The molecule has 0 unspecified atom stereocenters. The van der Waals surface area contributed by atoms with Gasteiger partial charge >= 0.3 is 5.97 Å². The maximum Gasteiger partial charge on any atom is 0.338 e. The number of ether oxygens (including phenoxy) is 1. The van der Waals surface area contributed by atoms with Crippen LogP contribution in [-0.2, 0) is 20.9 Å². The van der Waals surface area contributed by atoms with Crippen LogP contribution in [0.15, 0.2) is 47.4 Å². The van der Waals surface area contributed by atoms with E-state index in [1.54, 1.807) is 31.3 Å². The van der Waals surface area contributed by atoms with Crippen molar-refractivity contribution in [3.8, 4) is 0 Å². The lowest BCUT2D eigenvalue weighted by Gasteiger charge is -2.18. The van der Waals surface area contributed by atoms with E-state index < -0.39 is 18.5 Å². The summed E-state index contributed by atoms with van der Waals surface area (Å²) in [5, 5.41) is 2.70. The van der Waals surface area contributed by atoms with Crippen LogP contribution in [0.1, 0.15) is 15.9 Å². The van der Waals surface area contributed by atoms with Gasteiger partial charge in [-0.1, -0.05) is 12.1 Å². The maximum atomic E-state index is 13.2. The molecule has 0 bridgehead atoms. The number of carbonyl (C=O) groups excluding carboxylic acids is 3. The van der Waals surface area contributed by atoms with Crippen molar-refractivity contribution in [3.63, 3.8) is 0 Å². The summed E-state index contributed by atoms with van der Waals surface area (Å²) in [6.45, 7) is -0.223. The molecule has 0 atom stereocenters. The maximum absolute atomic E-state index is 13.2. The van der Waals surface area contributed by atoms with Crippen LogP contribution < -0.4 is 5.32 Å². The molecular formula is C19H17FN2O4S. The molecule has 1 heterocycles. The van der Waals surface area contributed by atoms with E-state index >= 15 is 0 Å². The number of hydrogen-bond donors (Lipinski definition) is 1. The third-order valence-electron chi connectivity index (χ3n) is 3.91. The summed E-state index contributed by atoms with van der Waals surface area (Å²) < 4.78 is 18.3. The third-order valence-corrected chi connectivity index (χ3v) is 4.98. The Morgan fingerprint density at radius 3 is 2.85 bits per heavy atom. The molecule has 140 valence electrons. The second-order valence-corrected chi connectivity index (χ2v) is 7.02. The fraction of sp³-hybridized carbons (Fsp3) is 0.211. The molecule has 1 aliphatic rings. The van der Waals surface area contributed by atoms with E-state index in [2.05, 4.69) is 5.32 Å². The van der Waals surface area contributed by atoms with Crippen molar-refractivity contribution in [2.45, 2.75) is 11.4 Å². The Labute approximate surface area is 159 Å². The van der Waals surface area contributed by atoms with Crippen LogP contribution in [0.3, 0.4) is 0 Å². The Bertz CT molecular complexity index is 903. The number of amides is 2. The van der Waals surface area contributed by atoms with Gasteiger partial charge in [-0.15, -0.1) is 11.8 Å². The van der Waals surface area contributed by atoms with Crippen molar-refractivity contribution in [2.75, 3.05) is 24.7 Å². The summed E-state index contributed by atoms with van der Waals surface area (Å²) in [4.78, 5) is 38.0. The molecule has 2 aromatic rings. The van der Waals surface area contributed by atoms with Crippen LogP contribution >= 0.6 is 11.8 Å². The van der Waals surface area contributed by atoms with Crippen molar-refractivity contribution in [3.05, 3.63) is 59.4 Å². The average Bonchev–Trinajstić information content (AvgIpc) is 2.65. The van der Waals surface area contributed by atoms with Gasteiger partial charge in [0.15, 0.2) is 6.61 Å². The first-order chi connectivity index (χ1) is 12.9. The molecule has 3 rings (SSSR count). The summed E-state index contributed by atoms with van der Waals surface area (Å²) in [7, 11) is 1.55. The normalized spacial score (nSPS) is 12.7. The first kappa shape index (κ1) is 18.9. The molecule has 2 aromatic carbocycles. The van der Waals surface area contributed by atoms with E-state index in [0.29, 0.717) is 17.0 Å². The highest BCUT2D eigenvalue weighted by atomic mass is 32.2. The molecule has 0 saturated heterocycles. The Hall–Kier alpha value is -2.87. The fourth-order valence-electron chi connectivity index (χ4n) is 2.53. The monoisotopic (exact) mass is 388 g/mol. The number of rotatable bonds is 5. The Balaban J connectivity index is 1.56. The number of carbonyl (C=O) groups is 3. The molecule has 0 aromatic heterocycles. The fourth-order valence-corrected chi connectivity index (χ4v) is 3.32. The molecule has 27 heavy (non-hydrogen) atoms. The van der Waals surface area contributed by atoms with Gasteiger partial charge in [-0.05, 0) is 35.9 Å². The smallest absolute Gasteiger partial charge is 0.338 e. The number of benzene rings is 2. The van der Waals surface area contributed by atoms with E-state index in [0.717, 1.165) is 4.90 Å². The van der Waals surface area contributed by atoms with Gasteiger partial charge in [-0.3, -0.25) is 9.59 Å². The summed E-state index contributed by atoms with van der Waals surface area (Å²) >= 11 is 1.39. The van der Waals surface area contributed by atoms with Crippen LogP contribution in [0.5, 0.6) is 0 Å². The van der Waals surface area contributed by atoms with E-state index in [-0.39, 0.29) is 23.8 Å². The minimum atomic E-state index is -0.657. The Morgan fingerprint density at radius 1 is 1.26 bits per heavy atom. The van der Waals surface area contributed by atoms with Gasteiger partial charge in [0.25, 0.3) is 5.91 Å². The highest BCUT2D eigenvalue weighted by molar-refractivity contribution is 8.00. The SMILES string of the molecule is CN(Cc1cccc(F)c1)C(=O)COC(=O)c1ccc2c(c1)NC(=O)CS2. The Kier molecular flexibility index (Phi) is 5.75. The molecule has 0 radical (unpaired) electrons. The minimum absolute atomic E-state index is 0.132. The number of anilines is 1. The first-order valence-electron chi connectivity index (χ1n) is 8.14. The molecule has 0 saturated carbocycles. The van der Waals surface area contributed by atoms with Gasteiger partial charge in [0.05, 0.1) is 17.0 Å². The third kappa shape index (κ3) is 4.85. The molecule has 0 aliphatic carbocycles. The predicted molar refractivity (Wildman–Crippen MR) is 99.0 cm³/mol. The summed E-state index contributed by atoms with van der Waals surface area (Å²) in [5.41, 5.74) is 1.44. The molecular weight excluding hydrogens is 371 g/mol. The van der Waals surface area contributed by atoms with Gasteiger partial charge in [-0.2, -0.15) is 0 Å². The van der Waals surface area contributed by atoms with Crippen molar-refractivity contribution in [1.29, 1.82) is 0 Å². The number of nitrogens with one attached hydrogen (secondary N) is 1. The van der Waals surface area contributed by atoms with Gasteiger partial charge in [0, 0.05) is 18.5 Å². The van der Waals surface area contributed by atoms with E-state index in [1.807, 2.05) is 0 Å². The van der Waals surface area contributed by atoms with E-state index in [9.17, 15) is 18.8 Å². The standard InChI is InChI=1S/C19H17FN2O4S/c1-22(9-12-3-2-4-14(20)7-12)18(24)10-26-19(25)13-5-6-16-15(8-13)21-17(23)11-27-16/h2-8H,9-11H2,1H3,(H,21,23). The number of likely N-dealkylation sites (N-methyl/N-ethyl adjacent to an activating group) is 1. The average molecular weight is 388 g/mol. The van der Waals surface area contributed by atoms with Gasteiger partial charge in [0.2, 0.25) is 5.91 Å². The highest BCUT2D eigenvalue weighted by Gasteiger charge is 2.19. The van der Waals surface area contributed by atoms with Crippen LogP contribution in [0, 0.1) is 5.82 Å². The molecule has 6 nitrogen and oxygen atoms in total. The molecule has 8 heteroatoms. The number of fused-ring (bicyclic) bond motifs is 1. The highest BCUT2D eigenvalue weighted by Crippen LogP contribution is 2.32. The number of hydrogen-bond acceptors (Lipinski definition) is 5. The number of thioether (sulfide) groups is 1. The largest absolute Gasteiger partial charge is 0.452 e. The van der Waals surface area contributed by atoms with Crippen molar-refractivity contribution < 1.29 is 23.5 Å².